The molecule has 0 amide bonds. The molecule has 8 heteroatoms. The number of aromatic amines is 1. The first-order valence-electron chi connectivity index (χ1n) is 7.55. The molecule has 0 saturated heterocycles. The van der Waals surface area contributed by atoms with Gasteiger partial charge in [-0.3, -0.25) is 14.7 Å². The van der Waals surface area contributed by atoms with Crippen LogP contribution in [0.25, 0.3) is 0 Å². The Labute approximate surface area is 138 Å². The van der Waals surface area contributed by atoms with Crippen molar-refractivity contribution < 1.29 is 14.6 Å². The van der Waals surface area contributed by atoms with Gasteiger partial charge in [0.05, 0.1) is 31.0 Å². The van der Waals surface area contributed by atoms with E-state index in [1.165, 1.54) is 0 Å². The molecule has 2 heterocycles. The number of nitrogens with zero attached hydrogens (tertiary/aromatic N) is 2. The van der Waals surface area contributed by atoms with Crippen LogP contribution in [0, 0.1) is 0 Å². The van der Waals surface area contributed by atoms with Crippen LogP contribution in [-0.4, -0.2) is 40.7 Å². The van der Waals surface area contributed by atoms with Gasteiger partial charge < -0.3 is 20.3 Å². The molecular weight excluding hydrogens is 312 g/mol. The number of benzene rings is 1. The lowest BCUT2D eigenvalue weighted by molar-refractivity contribution is 0.233. The SMILES string of the molecule is COc1cc(O)cc(OC)c1CN1CCc2nc(N)[nH]c(=O)c2C1. The van der Waals surface area contributed by atoms with Crippen molar-refractivity contribution in [2.45, 2.75) is 19.5 Å². The highest BCUT2D eigenvalue weighted by atomic mass is 16.5. The third kappa shape index (κ3) is 3.00. The minimum absolute atomic E-state index is 0.0764. The van der Waals surface area contributed by atoms with Crippen molar-refractivity contribution in [2.75, 3.05) is 26.5 Å². The molecule has 128 valence electrons. The van der Waals surface area contributed by atoms with E-state index >= 15 is 0 Å². The maximum atomic E-state index is 12.1. The molecule has 24 heavy (non-hydrogen) atoms. The molecule has 0 spiro atoms. The molecule has 0 unspecified atom stereocenters. The van der Waals surface area contributed by atoms with Crippen LogP contribution in [0.15, 0.2) is 16.9 Å². The third-order valence-corrected chi connectivity index (χ3v) is 4.14. The second-order valence-corrected chi connectivity index (χ2v) is 5.67. The number of anilines is 1. The van der Waals surface area contributed by atoms with E-state index in [4.69, 9.17) is 15.2 Å². The topological polar surface area (TPSA) is 114 Å². The van der Waals surface area contributed by atoms with Crippen molar-refractivity contribution in [3.8, 4) is 17.2 Å². The van der Waals surface area contributed by atoms with Crippen molar-refractivity contribution in [3.05, 3.63) is 39.3 Å². The Morgan fingerprint density at radius 3 is 2.62 bits per heavy atom. The molecule has 1 aliphatic heterocycles. The van der Waals surface area contributed by atoms with E-state index in [9.17, 15) is 9.90 Å². The van der Waals surface area contributed by atoms with E-state index in [1.54, 1.807) is 26.4 Å². The zero-order valence-electron chi connectivity index (χ0n) is 13.6. The van der Waals surface area contributed by atoms with E-state index in [2.05, 4.69) is 14.9 Å². The standard InChI is InChI=1S/C16H20N4O4/c1-23-13-5-9(21)6-14(24-2)11(13)8-20-4-3-12-10(7-20)15(22)19-16(17)18-12/h5-6,21H,3-4,7-8H2,1-2H3,(H3,17,18,19,22). The maximum absolute atomic E-state index is 12.1. The summed E-state index contributed by atoms with van der Waals surface area (Å²) in [5, 5.41) is 9.74. The van der Waals surface area contributed by atoms with Gasteiger partial charge >= 0.3 is 0 Å². The number of nitrogen functional groups attached to an aromatic ring is 1. The van der Waals surface area contributed by atoms with E-state index < -0.39 is 0 Å². The Balaban J connectivity index is 1.89. The normalized spacial score (nSPS) is 14.2. The van der Waals surface area contributed by atoms with Gasteiger partial charge in [0.25, 0.3) is 5.56 Å². The van der Waals surface area contributed by atoms with Crippen LogP contribution in [0.4, 0.5) is 5.95 Å². The Morgan fingerprint density at radius 2 is 2.00 bits per heavy atom. The summed E-state index contributed by atoms with van der Waals surface area (Å²) < 4.78 is 10.7. The fraction of sp³-hybridized carbons (Fsp3) is 0.375. The highest BCUT2D eigenvalue weighted by molar-refractivity contribution is 5.50. The van der Waals surface area contributed by atoms with Gasteiger partial charge in [0.2, 0.25) is 5.95 Å². The highest BCUT2D eigenvalue weighted by Crippen LogP contribution is 2.35. The van der Waals surface area contributed by atoms with Gasteiger partial charge in [-0.25, -0.2) is 4.98 Å². The lowest BCUT2D eigenvalue weighted by Crippen LogP contribution is -2.35. The van der Waals surface area contributed by atoms with Gasteiger partial charge in [0, 0.05) is 38.2 Å². The number of hydrogen-bond acceptors (Lipinski definition) is 7. The van der Waals surface area contributed by atoms with Crippen LogP contribution in [-0.2, 0) is 19.5 Å². The summed E-state index contributed by atoms with van der Waals surface area (Å²) in [5.74, 6) is 1.31. The van der Waals surface area contributed by atoms with Crippen LogP contribution < -0.4 is 20.8 Å². The Bertz CT molecular complexity index is 793. The largest absolute Gasteiger partial charge is 0.508 e. The van der Waals surface area contributed by atoms with E-state index in [0.29, 0.717) is 36.6 Å². The molecule has 1 aromatic carbocycles. The summed E-state index contributed by atoms with van der Waals surface area (Å²) in [7, 11) is 3.08. The van der Waals surface area contributed by atoms with Gasteiger partial charge in [-0.1, -0.05) is 0 Å². The average Bonchev–Trinajstić information content (AvgIpc) is 2.56. The Kier molecular flexibility index (Phi) is 4.30. The van der Waals surface area contributed by atoms with Gasteiger partial charge in [0.1, 0.15) is 17.2 Å². The molecule has 3 rings (SSSR count). The van der Waals surface area contributed by atoms with Crippen LogP contribution in [0.5, 0.6) is 17.2 Å². The molecule has 0 aliphatic carbocycles. The average molecular weight is 332 g/mol. The summed E-state index contributed by atoms with van der Waals surface area (Å²) >= 11 is 0. The smallest absolute Gasteiger partial charge is 0.257 e. The number of hydrogen-bond donors (Lipinski definition) is 3. The molecule has 0 bridgehead atoms. The second-order valence-electron chi connectivity index (χ2n) is 5.67. The number of phenolic OH excluding ortho intramolecular Hbond substituents is 1. The fourth-order valence-electron chi connectivity index (χ4n) is 2.98. The Morgan fingerprint density at radius 1 is 1.33 bits per heavy atom. The van der Waals surface area contributed by atoms with Gasteiger partial charge in [-0.05, 0) is 0 Å². The van der Waals surface area contributed by atoms with Crippen LogP contribution in [0.1, 0.15) is 16.8 Å². The first-order valence-corrected chi connectivity index (χ1v) is 7.55. The number of aromatic nitrogens is 2. The second kappa shape index (κ2) is 6.40. The number of nitrogens with two attached hydrogens (primary N) is 1. The minimum Gasteiger partial charge on any atom is -0.508 e. The predicted molar refractivity (Wildman–Crippen MR) is 88.3 cm³/mol. The molecule has 1 aliphatic rings. The number of H-pyrrole nitrogens is 1. The first-order chi connectivity index (χ1) is 11.5. The lowest BCUT2D eigenvalue weighted by Gasteiger charge is -2.28. The van der Waals surface area contributed by atoms with Crippen molar-refractivity contribution in [2.24, 2.45) is 0 Å². The minimum atomic E-state index is -0.202. The predicted octanol–water partition coefficient (Wildman–Crippen LogP) is 0.633. The zero-order chi connectivity index (χ0) is 17.3. The molecule has 4 N–H and O–H groups in total. The quantitative estimate of drug-likeness (QED) is 0.752. The van der Waals surface area contributed by atoms with Gasteiger partial charge in [-0.2, -0.15) is 0 Å². The summed E-state index contributed by atoms with van der Waals surface area (Å²) in [4.78, 5) is 20.9. The Hall–Kier alpha value is -2.74. The number of rotatable bonds is 4. The van der Waals surface area contributed by atoms with Crippen LogP contribution in [0.3, 0.4) is 0 Å². The molecule has 0 atom stereocenters. The van der Waals surface area contributed by atoms with Gasteiger partial charge in [-0.15, -0.1) is 0 Å². The molecule has 0 radical (unpaired) electrons. The number of methoxy groups -OCH3 is 2. The molecular formula is C16H20N4O4. The summed E-state index contributed by atoms with van der Waals surface area (Å²) in [6, 6.07) is 3.09. The number of phenols is 1. The molecule has 0 saturated carbocycles. The highest BCUT2D eigenvalue weighted by Gasteiger charge is 2.23. The van der Waals surface area contributed by atoms with E-state index in [0.717, 1.165) is 17.8 Å². The molecule has 1 aromatic heterocycles. The number of aromatic hydroxyl groups is 1. The molecule has 8 nitrogen and oxygen atoms in total. The number of nitrogens with one attached hydrogen (secondary N) is 1. The summed E-state index contributed by atoms with van der Waals surface area (Å²) in [6.45, 7) is 1.72. The van der Waals surface area contributed by atoms with Gasteiger partial charge in [0.15, 0.2) is 0 Å². The number of fused-ring (bicyclic) bond motifs is 1. The fourth-order valence-corrected chi connectivity index (χ4v) is 2.98. The van der Waals surface area contributed by atoms with Crippen LogP contribution in [0.2, 0.25) is 0 Å². The van der Waals surface area contributed by atoms with Crippen molar-refractivity contribution in [3.63, 3.8) is 0 Å². The van der Waals surface area contributed by atoms with E-state index in [-0.39, 0.29) is 17.3 Å². The number of ether oxygens (including phenoxy) is 2. The van der Waals surface area contributed by atoms with Crippen LogP contribution >= 0.6 is 0 Å². The van der Waals surface area contributed by atoms with Crippen molar-refractivity contribution >= 4 is 5.95 Å². The zero-order valence-corrected chi connectivity index (χ0v) is 13.6. The first kappa shape index (κ1) is 16.1. The lowest BCUT2D eigenvalue weighted by atomic mass is 10.1. The van der Waals surface area contributed by atoms with Crippen molar-refractivity contribution in [1.82, 2.24) is 14.9 Å². The summed E-state index contributed by atoms with van der Waals surface area (Å²) in [6.07, 6.45) is 0.645. The maximum Gasteiger partial charge on any atom is 0.257 e. The summed E-state index contributed by atoms with van der Waals surface area (Å²) in [5.41, 5.74) is 7.59. The molecule has 2 aromatic rings. The molecule has 0 fully saturated rings. The van der Waals surface area contributed by atoms with Crippen molar-refractivity contribution in [1.29, 1.82) is 0 Å². The van der Waals surface area contributed by atoms with E-state index in [1.807, 2.05) is 0 Å². The third-order valence-electron chi connectivity index (χ3n) is 4.14. The monoisotopic (exact) mass is 332 g/mol.